The fourth-order valence-electron chi connectivity index (χ4n) is 2.51. The van der Waals surface area contributed by atoms with Gasteiger partial charge >= 0.3 is 11.9 Å². The zero-order valence-electron chi connectivity index (χ0n) is 10.8. The zero-order valence-corrected chi connectivity index (χ0v) is 13.0. The lowest BCUT2D eigenvalue weighted by atomic mass is 9.77. The predicted octanol–water partition coefficient (Wildman–Crippen LogP) is 2.56. The smallest absolute Gasteiger partial charge is 0.330 e. The number of fused-ring (bicyclic) bond motifs is 2. The monoisotopic (exact) mass is 376 g/mol. The molecule has 0 N–H and O–H groups in total. The summed E-state index contributed by atoms with van der Waals surface area (Å²) >= 11 is 2.30. The van der Waals surface area contributed by atoms with Crippen LogP contribution in [0.5, 0.6) is 0 Å². The summed E-state index contributed by atoms with van der Waals surface area (Å²) in [6, 6.07) is 0. The Bertz CT molecular complexity index is 429. The molecular formula is C14H17IO4. The first kappa shape index (κ1) is 14.6. The molecule has 2 bridgehead atoms. The standard InChI is InChI=1S/C14H17IO4/c1-2-18-11(16)7-3-4-8-14-9-5-6-10(12(14)15)19-13(14)17/h3,5,7,9-10,12H,2,4,6,8H2,1H3/b7-3+/t10-,12+,14+/m1/s1. The van der Waals surface area contributed by atoms with Gasteiger partial charge in [0.2, 0.25) is 0 Å². The van der Waals surface area contributed by atoms with Gasteiger partial charge in [-0.3, -0.25) is 4.79 Å². The first-order chi connectivity index (χ1) is 9.10. The zero-order chi connectivity index (χ0) is 13.9. The van der Waals surface area contributed by atoms with Crippen molar-refractivity contribution in [2.75, 3.05) is 6.61 Å². The van der Waals surface area contributed by atoms with Crippen molar-refractivity contribution in [1.82, 2.24) is 0 Å². The second-order valence-corrected chi connectivity index (χ2v) is 6.06. The molecule has 19 heavy (non-hydrogen) atoms. The van der Waals surface area contributed by atoms with E-state index in [0.717, 1.165) is 6.42 Å². The summed E-state index contributed by atoms with van der Waals surface area (Å²) in [6.45, 7) is 2.15. The summed E-state index contributed by atoms with van der Waals surface area (Å²) in [6.07, 6.45) is 9.33. The minimum absolute atomic E-state index is 0.00661. The molecule has 0 spiro atoms. The third-order valence-electron chi connectivity index (χ3n) is 3.51. The number of rotatable bonds is 5. The Morgan fingerprint density at radius 3 is 3.21 bits per heavy atom. The highest BCUT2D eigenvalue weighted by molar-refractivity contribution is 14.1. The Balaban J connectivity index is 1.94. The van der Waals surface area contributed by atoms with Crippen LogP contribution in [0.3, 0.4) is 0 Å². The van der Waals surface area contributed by atoms with Gasteiger partial charge in [0.1, 0.15) is 11.5 Å². The number of halogens is 1. The van der Waals surface area contributed by atoms with Crippen molar-refractivity contribution in [2.24, 2.45) is 5.41 Å². The first-order valence-electron chi connectivity index (χ1n) is 6.46. The van der Waals surface area contributed by atoms with Crippen LogP contribution in [-0.2, 0) is 19.1 Å². The Morgan fingerprint density at radius 2 is 2.47 bits per heavy atom. The van der Waals surface area contributed by atoms with Gasteiger partial charge in [0.25, 0.3) is 0 Å². The number of hydrogen-bond donors (Lipinski definition) is 0. The lowest BCUT2D eigenvalue weighted by Crippen LogP contribution is -2.35. The van der Waals surface area contributed by atoms with E-state index >= 15 is 0 Å². The third kappa shape index (κ3) is 2.85. The van der Waals surface area contributed by atoms with E-state index in [1.165, 1.54) is 6.08 Å². The van der Waals surface area contributed by atoms with E-state index < -0.39 is 5.41 Å². The molecule has 1 aliphatic carbocycles. The van der Waals surface area contributed by atoms with Crippen molar-refractivity contribution >= 4 is 34.5 Å². The lowest BCUT2D eigenvalue weighted by Gasteiger charge is -2.27. The number of carbonyl (C=O) groups is 2. The molecule has 0 saturated carbocycles. The second-order valence-electron chi connectivity index (χ2n) is 4.72. The number of carbonyl (C=O) groups excluding carboxylic acids is 2. The summed E-state index contributed by atoms with van der Waals surface area (Å²) in [5.74, 6) is -0.465. The summed E-state index contributed by atoms with van der Waals surface area (Å²) in [5, 5.41) is 0. The van der Waals surface area contributed by atoms with Gasteiger partial charge in [-0.05, 0) is 19.8 Å². The van der Waals surface area contributed by atoms with Crippen LogP contribution < -0.4 is 0 Å². The van der Waals surface area contributed by atoms with Crippen molar-refractivity contribution < 1.29 is 19.1 Å². The van der Waals surface area contributed by atoms with Crippen LogP contribution in [-0.4, -0.2) is 28.6 Å². The molecular weight excluding hydrogens is 359 g/mol. The van der Waals surface area contributed by atoms with E-state index in [1.807, 2.05) is 12.2 Å². The molecule has 5 heteroatoms. The van der Waals surface area contributed by atoms with Gasteiger partial charge in [0, 0.05) is 12.5 Å². The highest BCUT2D eigenvalue weighted by Crippen LogP contribution is 2.48. The molecule has 3 atom stereocenters. The average Bonchev–Trinajstić information content (AvgIpc) is 2.52. The van der Waals surface area contributed by atoms with Crippen molar-refractivity contribution in [3.63, 3.8) is 0 Å². The van der Waals surface area contributed by atoms with Crippen LogP contribution in [0.2, 0.25) is 0 Å². The van der Waals surface area contributed by atoms with Gasteiger partial charge in [-0.25, -0.2) is 4.79 Å². The summed E-state index contributed by atoms with van der Waals surface area (Å²) in [4.78, 5) is 23.2. The van der Waals surface area contributed by atoms with Crippen molar-refractivity contribution in [3.05, 3.63) is 24.3 Å². The van der Waals surface area contributed by atoms with Crippen molar-refractivity contribution in [2.45, 2.75) is 36.2 Å². The Kier molecular flexibility index (Phi) is 4.65. The number of esters is 2. The Hall–Kier alpha value is -0.850. The van der Waals surface area contributed by atoms with Gasteiger partial charge in [-0.15, -0.1) is 0 Å². The Morgan fingerprint density at radius 1 is 1.68 bits per heavy atom. The SMILES string of the molecule is CCOC(=O)/C=C/CC[C@@]12C=CC[C@@H](OC1=O)[C@@H]2I. The topological polar surface area (TPSA) is 52.6 Å². The molecule has 104 valence electrons. The maximum Gasteiger partial charge on any atom is 0.330 e. The minimum atomic E-state index is -0.511. The normalized spacial score (nSPS) is 32.6. The van der Waals surface area contributed by atoms with Crippen LogP contribution in [0.25, 0.3) is 0 Å². The molecule has 0 aromatic rings. The molecule has 2 aliphatic rings. The molecule has 1 saturated heterocycles. The van der Waals surface area contributed by atoms with Crippen molar-refractivity contribution in [3.8, 4) is 0 Å². The molecule has 0 amide bonds. The summed E-state index contributed by atoms with van der Waals surface area (Å²) < 4.78 is 10.4. The molecule has 0 aromatic carbocycles. The number of alkyl halides is 1. The van der Waals surface area contributed by atoms with Crippen LogP contribution in [0.15, 0.2) is 24.3 Å². The van der Waals surface area contributed by atoms with E-state index in [4.69, 9.17) is 9.47 Å². The molecule has 1 heterocycles. The van der Waals surface area contributed by atoms with E-state index in [9.17, 15) is 9.59 Å². The molecule has 0 aromatic heterocycles. The predicted molar refractivity (Wildman–Crippen MR) is 78.9 cm³/mol. The first-order valence-corrected chi connectivity index (χ1v) is 7.71. The molecule has 2 rings (SSSR count). The van der Waals surface area contributed by atoms with Crippen LogP contribution in [0.4, 0.5) is 0 Å². The van der Waals surface area contributed by atoms with Crippen LogP contribution in [0.1, 0.15) is 26.2 Å². The summed E-state index contributed by atoms with van der Waals surface area (Å²) in [5.41, 5.74) is -0.511. The largest absolute Gasteiger partial charge is 0.463 e. The maximum absolute atomic E-state index is 12.0. The van der Waals surface area contributed by atoms with Gasteiger partial charge in [0.05, 0.1) is 10.5 Å². The minimum Gasteiger partial charge on any atom is -0.463 e. The van der Waals surface area contributed by atoms with Crippen LogP contribution >= 0.6 is 22.6 Å². The number of ether oxygens (including phenoxy) is 2. The van der Waals surface area contributed by atoms with Gasteiger partial charge < -0.3 is 9.47 Å². The highest BCUT2D eigenvalue weighted by Gasteiger charge is 2.55. The number of hydrogen-bond acceptors (Lipinski definition) is 4. The fourth-order valence-corrected chi connectivity index (χ4v) is 3.72. The highest BCUT2D eigenvalue weighted by atomic mass is 127. The average molecular weight is 376 g/mol. The maximum atomic E-state index is 12.0. The Labute approximate surface area is 126 Å². The van der Waals surface area contributed by atoms with Crippen LogP contribution in [0, 0.1) is 5.41 Å². The van der Waals surface area contributed by atoms with Gasteiger partial charge in [-0.1, -0.05) is 40.8 Å². The van der Waals surface area contributed by atoms with E-state index in [1.54, 1.807) is 13.0 Å². The molecule has 0 unspecified atom stereocenters. The molecule has 1 fully saturated rings. The molecule has 0 radical (unpaired) electrons. The van der Waals surface area contributed by atoms with E-state index in [0.29, 0.717) is 19.4 Å². The number of allylic oxidation sites excluding steroid dienone is 1. The van der Waals surface area contributed by atoms with Crippen molar-refractivity contribution in [1.29, 1.82) is 0 Å². The molecule has 1 aliphatic heterocycles. The van der Waals surface area contributed by atoms with E-state index in [-0.39, 0.29) is 22.0 Å². The van der Waals surface area contributed by atoms with Gasteiger partial charge in [-0.2, -0.15) is 0 Å². The van der Waals surface area contributed by atoms with E-state index in [2.05, 4.69) is 22.6 Å². The lowest BCUT2D eigenvalue weighted by molar-refractivity contribution is -0.146. The van der Waals surface area contributed by atoms with Gasteiger partial charge in [0.15, 0.2) is 0 Å². The fraction of sp³-hybridized carbons (Fsp3) is 0.571. The molecule has 4 nitrogen and oxygen atoms in total. The quantitative estimate of drug-likeness (QED) is 0.243. The third-order valence-corrected chi connectivity index (χ3v) is 5.42. The summed E-state index contributed by atoms with van der Waals surface area (Å²) in [7, 11) is 0. The second kappa shape index (κ2) is 6.07.